The first kappa shape index (κ1) is 16.4. The molecule has 20 heavy (non-hydrogen) atoms. The lowest BCUT2D eigenvalue weighted by Gasteiger charge is -2.34. The number of rotatable bonds is 5. The average molecular weight is 286 g/mol. The van der Waals surface area contributed by atoms with Crippen LogP contribution in [-0.4, -0.2) is 53.7 Å². The first-order chi connectivity index (χ1) is 9.43. The molecule has 0 saturated carbocycles. The number of morpholine rings is 1. The number of hydrogen-bond acceptors (Lipinski definition) is 4. The molecule has 7 heteroatoms. The largest absolute Gasteiger partial charge is 0.481 e. The molecule has 0 aromatic carbocycles. The predicted octanol–water partition coefficient (Wildman–Crippen LogP) is 0.834. The van der Waals surface area contributed by atoms with Crippen molar-refractivity contribution in [2.45, 2.75) is 39.2 Å². The van der Waals surface area contributed by atoms with Crippen molar-refractivity contribution in [1.82, 2.24) is 10.2 Å². The van der Waals surface area contributed by atoms with Crippen molar-refractivity contribution in [1.29, 1.82) is 0 Å². The maximum absolute atomic E-state index is 12.0. The number of imide groups is 1. The molecule has 1 fully saturated rings. The highest BCUT2D eigenvalue weighted by atomic mass is 16.5. The van der Waals surface area contributed by atoms with Gasteiger partial charge in [0, 0.05) is 19.4 Å². The quantitative estimate of drug-likeness (QED) is 0.780. The van der Waals surface area contributed by atoms with Crippen LogP contribution < -0.4 is 5.32 Å². The molecule has 7 nitrogen and oxygen atoms in total. The highest BCUT2D eigenvalue weighted by Gasteiger charge is 2.27. The average Bonchev–Trinajstić information content (AvgIpc) is 2.37. The molecule has 1 aliphatic heterocycles. The fraction of sp³-hybridized carbons (Fsp3) is 0.769. The molecule has 2 unspecified atom stereocenters. The van der Waals surface area contributed by atoms with E-state index in [1.807, 2.05) is 6.92 Å². The number of ether oxygens (including phenoxy) is 1. The number of carbonyl (C=O) groups is 3. The zero-order valence-electron chi connectivity index (χ0n) is 11.9. The molecule has 114 valence electrons. The first-order valence-electron chi connectivity index (χ1n) is 6.84. The van der Waals surface area contributed by atoms with Gasteiger partial charge in [0.1, 0.15) is 0 Å². The molecule has 0 aromatic heterocycles. The van der Waals surface area contributed by atoms with Crippen LogP contribution in [0.15, 0.2) is 0 Å². The standard InChI is InChI=1S/C13H22N2O5/c1-3-10-8-20-5-4-15(10)13(19)14-11(16)6-9(2)7-12(17)18/h9-10H,3-8H2,1-2H3,(H,17,18)(H,14,16,19). The van der Waals surface area contributed by atoms with Crippen LogP contribution in [0.1, 0.15) is 33.1 Å². The van der Waals surface area contributed by atoms with Crippen LogP contribution in [0.5, 0.6) is 0 Å². The van der Waals surface area contributed by atoms with Crippen LogP contribution in [0.2, 0.25) is 0 Å². The fourth-order valence-corrected chi connectivity index (χ4v) is 2.19. The van der Waals surface area contributed by atoms with Gasteiger partial charge in [-0.25, -0.2) is 4.79 Å². The summed E-state index contributed by atoms with van der Waals surface area (Å²) in [5.74, 6) is -1.69. The Bertz CT molecular complexity index is 372. The summed E-state index contributed by atoms with van der Waals surface area (Å²) in [7, 11) is 0. The number of carboxylic acids is 1. The summed E-state index contributed by atoms with van der Waals surface area (Å²) >= 11 is 0. The number of aliphatic carboxylic acids is 1. The lowest BCUT2D eigenvalue weighted by atomic mass is 10.0. The molecule has 0 bridgehead atoms. The third-order valence-electron chi connectivity index (χ3n) is 3.26. The van der Waals surface area contributed by atoms with Crippen molar-refractivity contribution < 1.29 is 24.2 Å². The number of amides is 3. The molecular formula is C13H22N2O5. The molecule has 1 heterocycles. The summed E-state index contributed by atoms with van der Waals surface area (Å²) in [6.07, 6.45) is 0.701. The minimum absolute atomic E-state index is 0.0204. The highest BCUT2D eigenvalue weighted by Crippen LogP contribution is 2.11. The second kappa shape index (κ2) is 7.84. The van der Waals surface area contributed by atoms with Crippen LogP contribution in [0, 0.1) is 5.92 Å². The van der Waals surface area contributed by atoms with Crippen LogP contribution in [0.3, 0.4) is 0 Å². The van der Waals surface area contributed by atoms with Crippen molar-refractivity contribution in [2.24, 2.45) is 5.92 Å². The van der Waals surface area contributed by atoms with Crippen molar-refractivity contribution in [3.05, 3.63) is 0 Å². The minimum Gasteiger partial charge on any atom is -0.481 e. The minimum atomic E-state index is -0.948. The van der Waals surface area contributed by atoms with E-state index in [0.29, 0.717) is 19.8 Å². The predicted molar refractivity (Wildman–Crippen MR) is 71.2 cm³/mol. The van der Waals surface area contributed by atoms with Crippen molar-refractivity contribution in [3.8, 4) is 0 Å². The Kier molecular flexibility index (Phi) is 6.44. The van der Waals surface area contributed by atoms with Crippen LogP contribution >= 0.6 is 0 Å². The Morgan fingerprint density at radius 3 is 2.70 bits per heavy atom. The summed E-state index contributed by atoms with van der Waals surface area (Å²) < 4.78 is 5.29. The van der Waals surface area contributed by atoms with Gasteiger partial charge in [-0.2, -0.15) is 0 Å². The number of nitrogens with zero attached hydrogens (tertiary/aromatic N) is 1. The Morgan fingerprint density at radius 1 is 1.40 bits per heavy atom. The second-order valence-corrected chi connectivity index (χ2v) is 5.09. The number of urea groups is 1. The van der Waals surface area contributed by atoms with Crippen molar-refractivity contribution in [2.75, 3.05) is 19.8 Å². The summed E-state index contributed by atoms with van der Waals surface area (Å²) in [5, 5.41) is 10.9. The van der Waals surface area contributed by atoms with E-state index in [9.17, 15) is 14.4 Å². The third kappa shape index (κ3) is 5.16. The van der Waals surface area contributed by atoms with E-state index in [1.165, 1.54) is 0 Å². The van der Waals surface area contributed by atoms with Gasteiger partial charge in [-0.1, -0.05) is 13.8 Å². The molecule has 3 amide bonds. The summed E-state index contributed by atoms with van der Waals surface area (Å²) in [5.41, 5.74) is 0. The lowest BCUT2D eigenvalue weighted by molar-refractivity contribution is -0.138. The topological polar surface area (TPSA) is 95.9 Å². The van der Waals surface area contributed by atoms with Crippen molar-refractivity contribution >= 4 is 17.9 Å². The van der Waals surface area contributed by atoms with E-state index >= 15 is 0 Å². The molecule has 1 saturated heterocycles. The van der Waals surface area contributed by atoms with Gasteiger partial charge in [-0.15, -0.1) is 0 Å². The van der Waals surface area contributed by atoms with E-state index in [2.05, 4.69) is 5.32 Å². The summed E-state index contributed by atoms with van der Waals surface area (Å²) in [4.78, 5) is 35.8. The van der Waals surface area contributed by atoms with Gasteiger partial charge in [0.25, 0.3) is 0 Å². The van der Waals surface area contributed by atoms with E-state index in [4.69, 9.17) is 9.84 Å². The van der Waals surface area contributed by atoms with Crippen molar-refractivity contribution in [3.63, 3.8) is 0 Å². The van der Waals surface area contributed by atoms with Crippen LogP contribution in [0.25, 0.3) is 0 Å². The van der Waals surface area contributed by atoms with E-state index in [0.717, 1.165) is 6.42 Å². The smallest absolute Gasteiger partial charge is 0.324 e. The number of carboxylic acid groups (broad SMARTS) is 1. The van der Waals surface area contributed by atoms with Gasteiger partial charge in [-0.05, 0) is 12.3 Å². The molecule has 2 atom stereocenters. The first-order valence-corrected chi connectivity index (χ1v) is 6.84. The van der Waals surface area contributed by atoms with Gasteiger partial charge < -0.3 is 14.7 Å². The molecule has 1 rings (SSSR count). The SMILES string of the molecule is CCC1COCCN1C(=O)NC(=O)CC(C)CC(=O)O. The number of nitrogens with one attached hydrogen (secondary N) is 1. The molecule has 0 aromatic rings. The Balaban J connectivity index is 2.44. The van der Waals surface area contributed by atoms with E-state index < -0.39 is 17.9 Å². The van der Waals surface area contributed by atoms with Gasteiger partial charge >= 0.3 is 12.0 Å². The number of carbonyl (C=O) groups excluding carboxylic acids is 2. The zero-order chi connectivity index (χ0) is 15.1. The normalized spacial score (nSPS) is 20.3. The molecule has 0 aliphatic carbocycles. The monoisotopic (exact) mass is 286 g/mol. The maximum atomic E-state index is 12.0. The lowest BCUT2D eigenvalue weighted by Crippen LogP contribution is -2.53. The van der Waals surface area contributed by atoms with Gasteiger partial charge in [0.05, 0.1) is 19.3 Å². The third-order valence-corrected chi connectivity index (χ3v) is 3.26. The van der Waals surface area contributed by atoms with Crippen LogP contribution in [0.4, 0.5) is 4.79 Å². The molecule has 1 aliphatic rings. The second-order valence-electron chi connectivity index (χ2n) is 5.09. The molecule has 2 N–H and O–H groups in total. The molecule has 0 spiro atoms. The van der Waals surface area contributed by atoms with E-state index in [1.54, 1.807) is 11.8 Å². The Hall–Kier alpha value is -1.63. The van der Waals surface area contributed by atoms with E-state index in [-0.39, 0.29) is 24.8 Å². The Morgan fingerprint density at radius 2 is 2.10 bits per heavy atom. The Labute approximate surface area is 118 Å². The van der Waals surface area contributed by atoms with Gasteiger partial charge in [0.2, 0.25) is 5.91 Å². The molecule has 0 radical (unpaired) electrons. The summed E-state index contributed by atoms with van der Waals surface area (Å²) in [6, 6.07) is -0.444. The zero-order valence-corrected chi connectivity index (χ0v) is 11.9. The fourth-order valence-electron chi connectivity index (χ4n) is 2.19. The maximum Gasteiger partial charge on any atom is 0.324 e. The van der Waals surface area contributed by atoms with Crippen LogP contribution in [-0.2, 0) is 14.3 Å². The van der Waals surface area contributed by atoms with Gasteiger partial charge in [0.15, 0.2) is 0 Å². The highest BCUT2D eigenvalue weighted by molar-refractivity contribution is 5.94. The summed E-state index contributed by atoms with van der Waals surface area (Å²) in [6.45, 7) is 5.03. The number of hydrogen-bond donors (Lipinski definition) is 2. The molecular weight excluding hydrogens is 264 g/mol. The van der Waals surface area contributed by atoms with Gasteiger partial charge in [-0.3, -0.25) is 14.9 Å².